The Morgan fingerprint density at radius 1 is 1.11 bits per heavy atom. The lowest BCUT2D eigenvalue weighted by Crippen LogP contribution is -2.44. The van der Waals surface area contributed by atoms with Gasteiger partial charge in [0.2, 0.25) is 11.8 Å². The maximum atomic E-state index is 11.6. The summed E-state index contributed by atoms with van der Waals surface area (Å²) in [5, 5.41) is 4.80. The second kappa shape index (κ2) is 5.67. The van der Waals surface area contributed by atoms with Crippen LogP contribution < -0.4 is 22.1 Å². The van der Waals surface area contributed by atoms with E-state index in [1.807, 2.05) is 0 Å². The van der Waals surface area contributed by atoms with Gasteiger partial charge in [-0.2, -0.15) is 0 Å². The van der Waals surface area contributed by atoms with Gasteiger partial charge < -0.3 is 22.1 Å². The second-order valence-corrected chi connectivity index (χ2v) is 3.66. The minimum absolute atomic E-state index is 0.344. The predicted molar refractivity (Wildman–Crippen MR) is 65.8 cm³/mol. The molecule has 7 nitrogen and oxygen atoms in total. The third-order valence-electron chi connectivity index (χ3n) is 2.19. The molecule has 0 saturated carbocycles. The van der Waals surface area contributed by atoms with Crippen molar-refractivity contribution in [3.8, 4) is 0 Å². The molecule has 0 spiro atoms. The Labute approximate surface area is 104 Å². The van der Waals surface area contributed by atoms with E-state index in [4.69, 9.17) is 11.5 Å². The first-order valence-corrected chi connectivity index (χ1v) is 5.17. The van der Waals surface area contributed by atoms with E-state index < -0.39 is 23.9 Å². The number of carbonyl (C=O) groups is 3. The standard InChI is InChI=1S/C11H14N4O3/c1-6(14-11(13)18)10(17)15-8-4-2-7(3-5-8)9(12)16/h2-6H,1H3,(H2,12,16)(H,15,17)(H3,13,14,18)/t6-/m0/s1. The highest BCUT2D eigenvalue weighted by atomic mass is 16.2. The number of primary amides is 2. The Bertz CT molecular complexity index is 470. The van der Waals surface area contributed by atoms with Crippen LogP contribution in [0, 0.1) is 0 Å². The van der Waals surface area contributed by atoms with Gasteiger partial charge in [0, 0.05) is 11.3 Å². The van der Waals surface area contributed by atoms with Crippen LogP contribution in [0.2, 0.25) is 0 Å². The van der Waals surface area contributed by atoms with Crippen molar-refractivity contribution in [1.82, 2.24) is 5.32 Å². The van der Waals surface area contributed by atoms with E-state index in [0.29, 0.717) is 11.3 Å². The van der Waals surface area contributed by atoms with Gasteiger partial charge in [0.1, 0.15) is 6.04 Å². The van der Waals surface area contributed by atoms with Crippen LogP contribution in [0.3, 0.4) is 0 Å². The van der Waals surface area contributed by atoms with Gasteiger partial charge >= 0.3 is 6.03 Å². The molecule has 0 aliphatic rings. The molecule has 1 aromatic rings. The number of hydrogen-bond acceptors (Lipinski definition) is 3. The Kier molecular flexibility index (Phi) is 4.25. The predicted octanol–water partition coefficient (Wildman–Crippen LogP) is -0.219. The van der Waals surface area contributed by atoms with E-state index in [0.717, 1.165) is 0 Å². The number of urea groups is 1. The second-order valence-electron chi connectivity index (χ2n) is 3.66. The Balaban J connectivity index is 2.64. The highest BCUT2D eigenvalue weighted by Crippen LogP contribution is 2.09. The zero-order valence-corrected chi connectivity index (χ0v) is 9.77. The Morgan fingerprint density at radius 2 is 1.67 bits per heavy atom. The minimum atomic E-state index is -0.776. The zero-order valence-electron chi connectivity index (χ0n) is 9.77. The van der Waals surface area contributed by atoms with Crippen molar-refractivity contribution >= 4 is 23.5 Å². The van der Waals surface area contributed by atoms with E-state index in [2.05, 4.69) is 10.6 Å². The number of benzene rings is 1. The molecule has 1 aromatic carbocycles. The highest BCUT2D eigenvalue weighted by molar-refractivity contribution is 5.97. The smallest absolute Gasteiger partial charge is 0.312 e. The van der Waals surface area contributed by atoms with Crippen molar-refractivity contribution in [3.05, 3.63) is 29.8 Å². The molecule has 0 radical (unpaired) electrons. The molecule has 0 saturated heterocycles. The van der Waals surface area contributed by atoms with Crippen LogP contribution in [0.4, 0.5) is 10.5 Å². The third kappa shape index (κ3) is 3.78. The van der Waals surface area contributed by atoms with Gasteiger partial charge in [-0.3, -0.25) is 9.59 Å². The van der Waals surface area contributed by atoms with Crippen LogP contribution in [0.25, 0.3) is 0 Å². The van der Waals surface area contributed by atoms with E-state index in [9.17, 15) is 14.4 Å². The van der Waals surface area contributed by atoms with Crippen LogP contribution in [0.1, 0.15) is 17.3 Å². The summed E-state index contributed by atoms with van der Waals surface area (Å²) in [5.41, 5.74) is 10.8. The van der Waals surface area contributed by atoms with Crippen LogP contribution in [0.5, 0.6) is 0 Å². The number of carbonyl (C=O) groups excluding carboxylic acids is 3. The lowest BCUT2D eigenvalue weighted by molar-refractivity contribution is -0.117. The summed E-state index contributed by atoms with van der Waals surface area (Å²) in [4.78, 5) is 33.0. The molecule has 0 bridgehead atoms. The van der Waals surface area contributed by atoms with Gasteiger partial charge in [0.05, 0.1) is 0 Å². The maximum absolute atomic E-state index is 11.6. The molecule has 4 amide bonds. The molecule has 0 unspecified atom stereocenters. The normalized spacial score (nSPS) is 11.4. The van der Waals surface area contributed by atoms with Gasteiger partial charge in [0.15, 0.2) is 0 Å². The molecule has 6 N–H and O–H groups in total. The SMILES string of the molecule is C[C@H](NC(N)=O)C(=O)Nc1ccc(C(N)=O)cc1. The van der Waals surface area contributed by atoms with Crippen molar-refractivity contribution < 1.29 is 14.4 Å². The first kappa shape index (κ1) is 13.5. The van der Waals surface area contributed by atoms with Crippen molar-refractivity contribution in [1.29, 1.82) is 0 Å². The molecule has 0 aromatic heterocycles. The van der Waals surface area contributed by atoms with Gasteiger partial charge in [0.25, 0.3) is 0 Å². The lowest BCUT2D eigenvalue weighted by atomic mass is 10.2. The van der Waals surface area contributed by atoms with Crippen molar-refractivity contribution in [2.45, 2.75) is 13.0 Å². The summed E-state index contributed by atoms with van der Waals surface area (Å²) in [6.45, 7) is 1.50. The van der Waals surface area contributed by atoms with Crippen LogP contribution in [-0.4, -0.2) is 23.9 Å². The first-order chi connectivity index (χ1) is 8.40. The topological polar surface area (TPSA) is 127 Å². The molecule has 7 heteroatoms. The summed E-state index contributed by atoms with van der Waals surface area (Å²) in [7, 11) is 0. The summed E-state index contributed by atoms with van der Waals surface area (Å²) >= 11 is 0. The summed E-state index contributed by atoms with van der Waals surface area (Å²) in [6, 6.07) is 4.53. The molecule has 1 rings (SSSR count). The lowest BCUT2D eigenvalue weighted by Gasteiger charge is -2.12. The van der Waals surface area contributed by atoms with Crippen LogP contribution >= 0.6 is 0 Å². The van der Waals surface area contributed by atoms with Crippen molar-refractivity contribution in [2.75, 3.05) is 5.32 Å². The fourth-order valence-electron chi connectivity index (χ4n) is 1.25. The molecule has 1 atom stereocenters. The van der Waals surface area contributed by atoms with Crippen molar-refractivity contribution in [3.63, 3.8) is 0 Å². The van der Waals surface area contributed by atoms with Gasteiger partial charge in [-0.1, -0.05) is 0 Å². The van der Waals surface area contributed by atoms with Gasteiger partial charge in [-0.15, -0.1) is 0 Å². The molecule has 18 heavy (non-hydrogen) atoms. The molecule has 0 fully saturated rings. The molecule has 96 valence electrons. The average molecular weight is 250 g/mol. The number of nitrogens with one attached hydrogen (secondary N) is 2. The quantitative estimate of drug-likeness (QED) is 0.589. The van der Waals surface area contributed by atoms with Gasteiger partial charge in [-0.25, -0.2) is 4.79 Å². The molecule has 0 aliphatic carbocycles. The van der Waals surface area contributed by atoms with E-state index in [-0.39, 0.29) is 0 Å². The fraction of sp³-hybridized carbons (Fsp3) is 0.182. The number of anilines is 1. The molecule has 0 heterocycles. The van der Waals surface area contributed by atoms with E-state index in [1.165, 1.54) is 31.2 Å². The minimum Gasteiger partial charge on any atom is -0.366 e. The van der Waals surface area contributed by atoms with E-state index in [1.54, 1.807) is 0 Å². The number of amides is 4. The average Bonchev–Trinajstić information content (AvgIpc) is 2.28. The third-order valence-corrected chi connectivity index (χ3v) is 2.19. The van der Waals surface area contributed by atoms with Crippen molar-refractivity contribution in [2.24, 2.45) is 11.5 Å². The maximum Gasteiger partial charge on any atom is 0.312 e. The Hall–Kier alpha value is -2.57. The largest absolute Gasteiger partial charge is 0.366 e. The Morgan fingerprint density at radius 3 is 2.11 bits per heavy atom. The first-order valence-electron chi connectivity index (χ1n) is 5.17. The monoisotopic (exact) mass is 250 g/mol. The van der Waals surface area contributed by atoms with Crippen LogP contribution in [0.15, 0.2) is 24.3 Å². The zero-order chi connectivity index (χ0) is 13.7. The number of nitrogens with two attached hydrogens (primary N) is 2. The molecular formula is C11H14N4O3. The van der Waals surface area contributed by atoms with Crippen LogP contribution in [-0.2, 0) is 4.79 Å². The molecule has 0 aliphatic heterocycles. The summed E-state index contributed by atoms with van der Waals surface area (Å²) in [5.74, 6) is -0.961. The number of hydrogen-bond donors (Lipinski definition) is 4. The number of rotatable bonds is 4. The van der Waals surface area contributed by atoms with E-state index >= 15 is 0 Å². The summed E-state index contributed by atoms with van der Waals surface area (Å²) in [6.07, 6.45) is 0. The van der Waals surface area contributed by atoms with Gasteiger partial charge in [-0.05, 0) is 31.2 Å². The molecular weight excluding hydrogens is 236 g/mol. The highest BCUT2D eigenvalue weighted by Gasteiger charge is 2.13. The summed E-state index contributed by atoms with van der Waals surface area (Å²) < 4.78 is 0. The fourth-order valence-corrected chi connectivity index (χ4v) is 1.25.